The molecule has 4 heteroatoms. The van der Waals surface area contributed by atoms with Crippen LogP contribution in [0.4, 0.5) is 0 Å². The molecule has 0 aromatic carbocycles. The summed E-state index contributed by atoms with van der Waals surface area (Å²) < 4.78 is 7.67. The van der Waals surface area contributed by atoms with Crippen molar-refractivity contribution in [2.45, 2.75) is 45.3 Å². The van der Waals surface area contributed by atoms with Gasteiger partial charge in [-0.05, 0) is 32.4 Å². The Morgan fingerprint density at radius 1 is 1.47 bits per heavy atom. The van der Waals surface area contributed by atoms with Crippen LogP contribution in [0.25, 0.3) is 0 Å². The van der Waals surface area contributed by atoms with E-state index >= 15 is 0 Å². The Morgan fingerprint density at radius 3 is 2.71 bits per heavy atom. The first-order chi connectivity index (χ1) is 8.21. The van der Waals surface area contributed by atoms with Crippen molar-refractivity contribution in [1.82, 2.24) is 15.1 Å². The first kappa shape index (κ1) is 14.2. The summed E-state index contributed by atoms with van der Waals surface area (Å²) in [6.45, 7) is 5.03. The summed E-state index contributed by atoms with van der Waals surface area (Å²) in [6, 6.07) is 0.360. The van der Waals surface area contributed by atoms with Gasteiger partial charge < -0.3 is 10.1 Å². The quantitative estimate of drug-likeness (QED) is 0.751. The number of nitrogens with one attached hydrogen (secondary N) is 1. The first-order valence-electron chi connectivity index (χ1n) is 6.47. The van der Waals surface area contributed by atoms with Crippen molar-refractivity contribution >= 4 is 0 Å². The van der Waals surface area contributed by atoms with Crippen LogP contribution in [0.1, 0.15) is 32.3 Å². The average Bonchev–Trinajstić information content (AvgIpc) is 2.72. The van der Waals surface area contributed by atoms with Crippen molar-refractivity contribution < 1.29 is 4.74 Å². The van der Waals surface area contributed by atoms with Gasteiger partial charge in [-0.25, -0.2) is 0 Å². The number of hydrogen-bond acceptors (Lipinski definition) is 3. The largest absolute Gasteiger partial charge is 0.377 e. The van der Waals surface area contributed by atoms with E-state index in [4.69, 9.17) is 4.74 Å². The molecule has 0 aliphatic heterocycles. The van der Waals surface area contributed by atoms with Crippen LogP contribution in [-0.4, -0.2) is 35.6 Å². The predicted molar refractivity (Wildman–Crippen MR) is 70.1 cm³/mol. The minimum absolute atomic E-state index is 0.287. The fourth-order valence-electron chi connectivity index (χ4n) is 2.15. The van der Waals surface area contributed by atoms with Gasteiger partial charge in [0.15, 0.2) is 0 Å². The number of aryl methyl sites for hydroxylation is 1. The third-order valence-corrected chi connectivity index (χ3v) is 2.99. The highest BCUT2D eigenvalue weighted by molar-refractivity contribution is 5.06. The van der Waals surface area contributed by atoms with Crippen LogP contribution in [0.5, 0.6) is 0 Å². The SMILES string of the molecule is CCCC(OCC)C(Cc1cnn(C)c1)NC. The fraction of sp³-hybridized carbons (Fsp3) is 0.769. The van der Waals surface area contributed by atoms with Gasteiger partial charge in [-0.2, -0.15) is 5.10 Å². The summed E-state index contributed by atoms with van der Waals surface area (Å²) in [7, 11) is 3.95. The van der Waals surface area contributed by atoms with Crippen LogP contribution in [-0.2, 0) is 18.2 Å². The zero-order chi connectivity index (χ0) is 12.7. The van der Waals surface area contributed by atoms with E-state index in [1.807, 2.05) is 25.0 Å². The standard InChI is InChI=1S/C13H25N3O/c1-5-7-13(17-6-2)12(14-3)8-11-9-15-16(4)10-11/h9-10,12-14H,5-8H2,1-4H3. The van der Waals surface area contributed by atoms with Crippen LogP contribution in [0.2, 0.25) is 0 Å². The zero-order valence-corrected chi connectivity index (χ0v) is 11.4. The Labute approximate surface area is 104 Å². The third kappa shape index (κ3) is 4.48. The topological polar surface area (TPSA) is 39.1 Å². The molecule has 0 saturated heterocycles. The molecule has 98 valence electrons. The van der Waals surface area contributed by atoms with Crippen LogP contribution in [0.3, 0.4) is 0 Å². The molecule has 0 bridgehead atoms. The van der Waals surface area contributed by atoms with Crippen molar-refractivity contribution in [3.05, 3.63) is 18.0 Å². The monoisotopic (exact) mass is 239 g/mol. The number of aromatic nitrogens is 2. The van der Waals surface area contributed by atoms with Gasteiger partial charge in [0.1, 0.15) is 0 Å². The van der Waals surface area contributed by atoms with E-state index < -0.39 is 0 Å². The highest BCUT2D eigenvalue weighted by Crippen LogP contribution is 2.12. The van der Waals surface area contributed by atoms with Gasteiger partial charge in [-0.1, -0.05) is 13.3 Å². The van der Waals surface area contributed by atoms with E-state index in [1.54, 1.807) is 0 Å². The molecule has 0 radical (unpaired) electrons. The molecule has 2 unspecified atom stereocenters. The normalized spacial score (nSPS) is 14.8. The van der Waals surface area contributed by atoms with Gasteiger partial charge in [0.25, 0.3) is 0 Å². The predicted octanol–water partition coefficient (Wildman–Crippen LogP) is 1.76. The van der Waals surface area contributed by atoms with E-state index in [-0.39, 0.29) is 6.10 Å². The van der Waals surface area contributed by atoms with Gasteiger partial charge in [-0.3, -0.25) is 4.68 Å². The third-order valence-electron chi connectivity index (χ3n) is 2.99. The maximum absolute atomic E-state index is 5.82. The van der Waals surface area contributed by atoms with E-state index in [2.05, 4.69) is 30.5 Å². The molecule has 0 fully saturated rings. The lowest BCUT2D eigenvalue weighted by Crippen LogP contribution is -2.41. The Bertz CT molecular complexity index is 305. The maximum Gasteiger partial charge on any atom is 0.0730 e. The smallest absolute Gasteiger partial charge is 0.0730 e. The van der Waals surface area contributed by atoms with Crippen LogP contribution < -0.4 is 5.32 Å². The van der Waals surface area contributed by atoms with Crippen LogP contribution in [0, 0.1) is 0 Å². The molecule has 4 nitrogen and oxygen atoms in total. The summed E-state index contributed by atoms with van der Waals surface area (Å²) in [4.78, 5) is 0. The molecule has 1 aromatic rings. The number of hydrogen-bond donors (Lipinski definition) is 1. The lowest BCUT2D eigenvalue weighted by molar-refractivity contribution is 0.0301. The molecule has 0 spiro atoms. The number of rotatable bonds is 8. The van der Waals surface area contributed by atoms with Crippen LogP contribution in [0.15, 0.2) is 12.4 Å². The molecule has 0 amide bonds. The Morgan fingerprint density at radius 2 is 2.24 bits per heavy atom. The lowest BCUT2D eigenvalue weighted by atomic mass is 10.0. The Hall–Kier alpha value is -0.870. The minimum Gasteiger partial charge on any atom is -0.377 e. The second kappa shape index (κ2) is 7.45. The number of likely N-dealkylation sites (N-methyl/N-ethyl adjacent to an activating group) is 1. The lowest BCUT2D eigenvalue weighted by Gasteiger charge is -2.26. The highest BCUT2D eigenvalue weighted by atomic mass is 16.5. The van der Waals surface area contributed by atoms with E-state index in [9.17, 15) is 0 Å². The molecular weight excluding hydrogens is 214 g/mol. The van der Waals surface area contributed by atoms with Crippen molar-refractivity contribution in [3.63, 3.8) is 0 Å². The van der Waals surface area contributed by atoms with Crippen molar-refractivity contribution in [2.24, 2.45) is 7.05 Å². The second-order valence-electron chi connectivity index (χ2n) is 4.40. The van der Waals surface area contributed by atoms with Crippen LogP contribution >= 0.6 is 0 Å². The molecule has 1 rings (SSSR count). The molecule has 2 atom stereocenters. The van der Waals surface area contributed by atoms with E-state index in [1.165, 1.54) is 5.56 Å². The molecule has 0 aliphatic carbocycles. The first-order valence-corrected chi connectivity index (χ1v) is 6.47. The zero-order valence-electron chi connectivity index (χ0n) is 11.4. The molecule has 17 heavy (non-hydrogen) atoms. The summed E-state index contributed by atoms with van der Waals surface area (Å²) in [5, 5.41) is 7.57. The summed E-state index contributed by atoms with van der Waals surface area (Å²) in [5.74, 6) is 0. The number of ether oxygens (including phenoxy) is 1. The van der Waals surface area contributed by atoms with Gasteiger partial charge >= 0.3 is 0 Å². The minimum atomic E-state index is 0.287. The van der Waals surface area contributed by atoms with E-state index in [0.29, 0.717) is 6.04 Å². The summed E-state index contributed by atoms with van der Waals surface area (Å²) >= 11 is 0. The van der Waals surface area contributed by atoms with Gasteiger partial charge in [0, 0.05) is 25.9 Å². The summed E-state index contributed by atoms with van der Waals surface area (Å²) in [5.41, 5.74) is 1.26. The van der Waals surface area contributed by atoms with Crippen molar-refractivity contribution in [1.29, 1.82) is 0 Å². The second-order valence-corrected chi connectivity index (χ2v) is 4.40. The average molecular weight is 239 g/mol. The van der Waals surface area contributed by atoms with Crippen molar-refractivity contribution in [2.75, 3.05) is 13.7 Å². The van der Waals surface area contributed by atoms with Gasteiger partial charge in [0.2, 0.25) is 0 Å². The van der Waals surface area contributed by atoms with Gasteiger partial charge in [-0.15, -0.1) is 0 Å². The number of nitrogens with zero attached hydrogens (tertiary/aromatic N) is 2. The molecule has 0 aliphatic rings. The Kier molecular flexibility index (Phi) is 6.22. The van der Waals surface area contributed by atoms with Gasteiger partial charge in [0.05, 0.1) is 12.3 Å². The molecule has 1 aromatic heterocycles. The molecule has 1 N–H and O–H groups in total. The van der Waals surface area contributed by atoms with E-state index in [0.717, 1.165) is 25.9 Å². The maximum atomic E-state index is 5.82. The molecule has 0 saturated carbocycles. The molecular formula is C13H25N3O. The fourth-order valence-corrected chi connectivity index (χ4v) is 2.15. The summed E-state index contributed by atoms with van der Waals surface area (Å²) in [6.07, 6.45) is 7.50. The Balaban J connectivity index is 2.61. The molecule has 1 heterocycles. The highest BCUT2D eigenvalue weighted by Gasteiger charge is 2.20. The van der Waals surface area contributed by atoms with Crippen molar-refractivity contribution in [3.8, 4) is 0 Å².